The average Bonchev–Trinajstić information content (AvgIpc) is 2.93. The molecule has 1 saturated carbocycles. The third-order valence-corrected chi connectivity index (χ3v) is 5.87. The Morgan fingerprint density at radius 3 is 2.59 bits per heavy atom. The Labute approximate surface area is 186 Å². The fourth-order valence-corrected chi connectivity index (χ4v) is 4.44. The molecule has 0 spiro atoms. The van der Waals surface area contributed by atoms with Crippen LogP contribution in [0.3, 0.4) is 0 Å². The summed E-state index contributed by atoms with van der Waals surface area (Å²) in [5.74, 6) is 0.265. The molecule has 5 nitrogen and oxygen atoms in total. The Balaban J connectivity index is 1.79. The Kier molecular flexibility index (Phi) is 10.6. The van der Waals surface area contributed by atoms with Crippen LogP contribution in [0.5, 0.6) is 5.75 Å². The highest BCUT2D eigenvalue weighted by atomic mass is 35.5. The van der Waals surface area contributed by atoms with E-state index >= 15 is 0 Å². The number of aliphatic hydroxyl groups is 2. The summed E-state index contributed by atoms with van der Waals surface area (Å²) in [7, 11) is 0. The van der Waals surface area contributed by atoms with E-state index in [1.165, 1.54) is 0 Å². The molecule has 0 saturated heterocycles. The summed E-state index contributed by atoms with van der Waals surface area (Å²) in [5.41, 5.74) is 0. The number of allylic oxidation sites excluding steroid dienone is 2. The Morgan fingerprint density at radius 2 is 1.90 bits per heavy atom. The largest absolute Gasteiger partial charge is 0.493 e. The van der Waals surface area contributed by atoms with E-state index in [1.54, 1.807) is 18.2 Å². The minimum atomic E-state index is -0.521. The monoisotopic (exact) mass is 464 g/mol. The number of alkyl halides is 1. The number of benzene rings is 1. The van der Waals surface area contributed by atoms with Gasteiger partial charge in [-0.05, 0) is 49.8 Å². The third-order valence-electron chi connectivity index (χ3n) is 4.93. The molecule has 4 atom stereocenters. The van der Waals surface area contributed by atoms with E-state index in [-0.39, 0.29) is 36.4 Å². The molecule has 2 N–H and O–H groups in total. The minimum absolute atomic E-state index is 0.0423. The number of rotatable bonds is 11. The van der Waals surface area contributed by atoms with E-state index in [2.05, 4.69) is 0 Å². The van der Waals surface area contributed by atoms with Crippen LogP contribution in [0.15, 0.2) is 30.4 Å². The van der Waals surface area contributed by atoms with Crippen LogP contribution in [0, 0.1) is 11.8 Å². The van der Waals surface area contributed by atoms with Crippen molar-refractivity contribution in [2.75, 3.05) is 19.8 Å². The van der Waals surface area contributed by atoms with Crippen LogP contribution in [0.4, 0.5) is 0 Å². The zero-order chi connectivity index (χ0) is 21.2. The van der Waals surface area contributed by atoms with Gasteiger partial charge in [-0.25, -0.2) is 0 Å². The van der Waals surface area contributed by atoms with Crippen LogP contribution < -0.4 is 4.74 Å². The quantitative estimate of drug-likeness (QED) is 0.216. The van der Waals surface area contributed by atoms with E-state index < -0.39 is 6.10 Å². The second kappa shape index (κ2) is 12.7. The Bertz CT molecular complexity index is 662. The number of esters is 1. The van der Waals surface area contributed by atoms with Crippen molar-refractivity contribution in [2.45, 2.75) is 43.6 Å². The van der Waals surface area contributed by atoms with Gasteiger partial charge < -0.3 is 19.7 Å². The molecular weight excluding hydrogens is 439 g/mol. The van der Waals surface area contributed by atoms with Crippen molar-refractivity contribution in [3.8, 4) is 5.75 Å². The number of hydrogen-bond donors (Lipinski definition) is 2. The molecule has 0 radical (unpaired) electrons. The lowest BCUT2D eigenvalue weighted by molar-refractivity contribution is -0.144. The zero-order valence-electron chi connectivity index (χ0n) is 16.1. The maximum atomic E-state index is 11.4. The van der Waals surface area contributed by atoms with Gasteiger partial charge in [-0.15, -0.1) is 11.6 Å². The smallest absolute Gasteiger partial charge is 0.305 e. The van der Waals surface area contributed by atoms with Gasteiger partial charge >= 0.3 is 5.97 Å². The molecule has 2 rings (SSSR count). The van der Waals surface area contributed by atoms with E-state index in [1.807, 2.05) is 12.2 Å². The number of halogens is 3. The maximum Gasteiger partial charge on any atom is 0.305 e. The lowest BCUT2D eigenvalue weighted by atomic mass is 9.92. The van der Waals surface area contributed by atoms with Gasteiger partial charge in [-0.2, -0.15) is 0 Å². The topological polar surface area (TPSA) is 76.0 Å². The summed E-state index contributed by atoms with van der Waals surface area (Å²) in [6.45, 7) is 0.213. The fraction of sp³-hybridized carbons (Fsp3) is 0.571. The molecule has 0 heterocycles. The molecular formula is C21H27Cl3O5. The standard InChI is InChI=1S/C21H27Cl3O5/c22-14-9-15(23)11-16(10-14)29-13-18-17(19(24)12-20(18)26)5-3-1-2-4-6-21(27)28-8-7-25/h1,3,9-11,17-20,25-26H,2,4-8,12-13H2/b3-1-/t17-,18-,19-,20-/m1/s1. The Morgan fingerprint density at radius 1 is 1.17 bits per heavy atom. The molecule has 0 bridgehead atoms. The first-order chi connectivity index (χ1) is 13.9. The van der Waals surface area contributed by atoms with Gasteiger partial charge in [0, 0.05) is 27.8 Å². The fourth-order valence-electron chi connectivity index (χ4n) is 3.46. The van der Waals surface area contributed by atoms with Gasteiger partial charge in [0.2, 0.25) is 0 Å². The first-order valence-electron chi connectivity index (χ1n) is 9.73. The van der Waals surface area contributed by atoms with Crippen molar-refractivity contribution < 1.29 is 24.5 Å². The van der Waals surface area contributed by atoms with E-state index in [0.717, 1.165) is 12.8 Å². The maximum absolute atomic E-state index is 11.4. The van der Waals surface area contributed by atoms with E-state index in [9.17, 15) is 9.90 Å². The number of unbranched alkanes of at least 4 members (excludes halogenated alkanes) is 1. The third kappa shape index (κ3) is 8.35. The zero-order valence-corrected chi connectivity index (χ0v) is 18.4. The first-order valence-corrected chi connectivity index (χ1v) is 10.9. The second-order valence-electron chi connectivity index (χ2n) is 7.11. The molecule has 1 aliphatic rings. The number of carbonyl (C=O) groups is 1. The molecule has 162 valence electrons. The van der Waals surface area contributed by atoms with Gasteiger partial charge in [0.15, 0.2) is 0 Å². The molecule has 0 aliphatic heterocycles. The van der Waals surface area contributed by atoms with Gasteiger partial charge in [0.1, 0.15) is 12.4 Å². The SMILES string of the molecule is O=C(CCC/C=C\C[C@@H]1[C@@H](COc2cc(Cl)cc(Cl)c2)[C@H](O)C[C@H]1Cl)OCCO. The van der Waals surface area contributed by atoms with Crippen molar-refractivity contribution in [1.82, 2.24) is 0 Å². The lowest BCUT2D eigenvalue weighted by Crippen LogP contribution is -2.27. The molecule has 0 amide bonds. The van der Waals surface area contributed by atoms with Gasteiger partial charge in [0.05, 0.1) is 19.3 Å². The van der Waals surface area contributed by atoms with Crippen LogP contribution >= 0.6 is 34.8 Å². The predicted octanol–water partition coefficient (Wildman–Crippen LogP) is 4.63. The van der Waals surface area contributed by atoms with Gasteiger partial charge in [-0.3, -0.25) is 4.79 Å². The summed E-state index contributed by atoms with van der Waals surface area (Å²) in [5, 5.41) is 19.9. The molecule has 8 heteroatoms. The van der Waals surface area contributed by atoms with Crippen LogP contribution in [0.1, 0.15) is 32.1 Å². The molecule has 0 unspecified atom stereocenters. The number of hydrogen-bond acceptors (Lipinski definition) is 5. The van der Waals surface area contributed by atoms with Crippen LogP contribution in [-0.4, -0.2) is 47.5 Å². The van der Waals surface area contributed by atoms with Crippen molar-refractivity contribution in [1.29, 1.82) is 0 Å². The van der Waals surface area contributed by atoms with E-state index in [4.69, 9.17) is 49.4 Å². The lowest BCUT2D eigenvalue weighted by Gasteiger charge is -2.22. The highest BCUT2D eigenvalue weighted by molar-refractivity contribution is 6.34. The summed E-state index contributed by atoms with van der Waals surface area (Å²) < 4.78 is 10.6. The van der Waals surface area contributed by atoms with Crippen molar-refractivity contribution in [3.63, 3.8) is 0 Å². The number of aliphatic hydroxyl groups excluding tert-OH is 2. The Hall–Kier alpha value is -0.980. The first kappa shape index (κ1) is 24.3. The number of ether oxygens (including phenoxy) is 2. The molecule has 1 fully saturated rings. The second-order valence-corrected chi connectivity index (χ2v) is 8.54. The summed E-state index contributed by atoms with van der Waals surface area (Å²) >= 11 is 18.5. The molecule has 29 heavy (non-hydrogen) atoms. The summed E-state index contributed by atoms with van der Waals surface area (Å²) in [6, 6.07) is 5.01. The molecule has 0 aromatic heterocycles. The van der Waals surface area contributed by atoms with Crippen molar-refractivity contribution in [2.24, 2.45) is 11.8 Å². The summed E-state index contributed by atoms with van der Waals surface area (Å²) in [4.78, 5) is 11.4. The van der Waals surface area contributed by atoms with Crippen molar-refractivity contribution in [3.05, 3.63) is 40.4 Å². The number of carbonyl (C=O) groups excluding carboxylic acids is 1. The summed E-state index contributed by atoms with van der Waals surface area (Å²) in [6.07, 6.45) is 6.54. The van der Waals surface area contributed by atoms with E-state index in [0.29, 0.717) is 41.7 Å². The molecule has 1 aliphatic carbocycles. The van der Waals surface area contributed by atoms with Crippen LogP contribution in [0.2, 0.25) is 10.0 Å². The average molecular weight is 466 g/mol. The van der Waals surface area contributed by atoms with Crippen molar-refractivity contribution >= 4 is 40.8 Å². The molecule has 1 aromatic rings. The highest BCUT2D eigenvalue weighted by Crippen LogP contribution is 2.39. The van der Waals surface area contributed by atoms with Crippen LogP contribution in [0.25, 0.3) is 0 Å². The normalized spacial score (nSPS) is 24.2. The van der Waals surface area contributed by atoms with Crippen LogP contribution in [-0.2, 0) is 9.53 Å². The van der Waals surface area contributed by atoms with Gasteiger partial charge in [-0.1, -0.05) is 35.4 Å². The highest BCUT2D eigenvalue weighted by Gasteiger charge is 2.41. The minimum Gasteiger partial charge on any atom is -0.493 e. The predicted molar refractivity (Wildman–Crippen MR) is 115 cm³/mol. The molecule has 1 aromatic carbocycles. The van der Waals surface area contributed by atoms with Gasteiger partial charge in [0.25, 0.3) is 0 Å².